The van der Waals surface area contributed by atoms with E-state index >= 15 is 0 Å². The number of ether oxygens (including phenoxy) is 1. The lowest BCUT2D eigenvalue weighted by atomic mass is 9.66. The van der Waals surface area contributed by atoms with Gasteiger partial charge >= 0.3 is 6.18 Å². The van der Waals surface area contributed by atoms with E-state index < -0.39 is 18.0 Å². The summed E-state index contributed by atoms with van der Waals surface area (Å²) in [6, 6.07) is 5.68. The van der Waals surface area contributed by atoms with E-state index in [1.807, 2.05) is 0 Å². The van der Waals surface area contributed by atoms with Crippen LogP contribution in [-0.4, -0.2) is 50.8 Å². The molecule has 1 aromatic carbocycles. The summed E-state index contributed by atoms with van der Waals surface area (Å²) in [6.45, 7) is 2.49. The fourth-order valence-electron chi connectivity index (χ4n) is 4.63. The third-order valence-corrected chi connectivity index (χ3v) is 6.23. The van der Waals surface area contributed by atoms with Crippen LogP contribution in [0.5, 0.6) is 5.75 Å². The summed E-state index contributed by atoms with van der Waals surface area (Å²) in [6.07, 6.45) is -0.262. The second-order valence-electron chi connectivity index (χ2n) is 8.15. The Bertz CT molecular complexity index is 668. The Kier molecular flexibility index (Phi) is 6.53. The van der Waals surface area contributed by atoms with Crippen molar-refractivity contribution >= 4 is 5.91 Å². The van der Waals surface area contributed by atoms with Crippen LogP contribution in [0, 0.1) is 17.8 Å². The van der Waals surface area contributed by atoms with Crippen molar-refractivity contribution in [3.05, 3.63) is 29.8 Å². The van der Waals surface area contributed by atoms with Crippen LogP contribution in [0.4, 0.5) is 13.2 Å². The van der Waals surface area contributed by atoms with Crippen molar-refractivity contribution < 1.29 is 22.7 Å². The maximum atomic E-state index is 13.7. The number of halogens is 3. The van der Waals surface area contributed by atoms with Crippen molar-refractivity contribution in [1.82, 2.24) is 10.2 Å². The number of hydrogen-bond acceptors (Lipinski definition) is 3. The molecule has 1 amide bonds. The quantitative estimate of drug-likeness (QED) is 0.792. The Morgan fingerprint density at radius 3 is 2.54 bits per heavy atom. The number of hydrogen-bond donors (Lipinski definition) is 1. The molecule has 1 aliphatic heterocycles. The minimum Gasteiger partial charge on any atom is -0.497 e. The van der Waals surface area contributed by atoms with Gasteiger partial charge in [-0.15, -0.1) is 0 Å². The zero-order chi connectivity index (χ0) is 20.3. The number of likely N-dealkylation sites (N-methyl/N-ethyl adjacent to an activating group) is 1. The van der Waals surface area contributed by atoms with Crippen LogP contribution in [0.3, 0.4) is 0 Å². The van der Waals surface area contributed by atoms with Crippen LogP contribution in [0.25, 0.3) is 0 Å². The predicted octanol–water partition coefficient (Wildman–Crippen LogP) is 3.83. The Hall–Kier alpha value is -1.76. The van der Waals surface area contributed by atoms with E-state index in [2.05, 4.69) is 5.32 Å². The molecule has 1 saturated heterocycles. The molecule has 28 heavy (non-hydrogen) atoms. The SMILES string of the molecule is COc1cccc(C(C(=O)N(C)CC2CC(C3CCNCC3)C2)C(F)(F)F)c1. The van der Waals surface area contributed by atoms with Crippen molar-refractivity contribution in [1.29, 1.82) is 0 Å². The summed E-state index contributed by atoms with van der Waals surface area (Å²) >= 11 is 0. The highest BCUT2D eigenvalue weighted by Crippen LogP contribution is 2.43. The van der Waals surface area contributed by atoms with E-state index in [0.717, 1.165) is 31.8 Å². The highest BCUT2D eigenvalue weighted by atomic mass is 19.4. The summed E-state index contributed by atoms with van der Waals surface area (Å²) in [5.41, 5.74) is -0.0788. The first-order valence-corrected chi connectivity index (χ1v) is 9.96. The minimum absolute atomic E-state index is 0.0788. The van der Waals surface area contributed by atoms with Crippen LogP contribution in [0.1, 0.15) is 37.2 Å². The molecule has 0 aromatic heterocycles. The van der Waals surface area contributed by atoms with Crippen LogP contribution >= 0.6 is 0 Å². The zero-order valence-electron chi connectivity index (χ0n) is 16.5. The molecule has 2 fully saturated rings. The first kappa shape index (κ1) is 21.0. The molecule has 4 nitrogen and oxygen atoms in total. The highest BCUT2D eigenvalue weighted by molar-refractivity contribution is 5.84. The zero-order valence-corrected chi connectivity index (χ0v) is 16.5. The van der Waals surface area contributed by atoms with Crippen LogP contribution in [0.2, 0.25) is 0 Å². The topological polar surface area (TPSA) is 41.6 Å². The lowest BCUT2D eigenvalue weighted by Crippen LogP contribution is -2.45. The van der Waals surface area contributed by atoms with Crippen molar-refractivity contribution in [2.75, 3.05) is 33.8 Å². The molecule has 0 bridgehead atoms. The Morgan fingerprint density at radius 1 is 1.25 bits per heavy atom. The number of alkyl halides is 3. The molecule has 1 aromatic rings. The van der Waals surface area contributed by atoms with Gasteiger partial charge in [0, 0.05) is 13.6 Å². The number of piperidine rings is 1. The molecule has 1 N–H and O–H groups in total. The van der Waals surface area contributed by atoms with Crippen molar-refractivity contribution in [3.8, 4) is 5.75 Å². The van der Waals surface area contributed by atoms with Gasteiger partial charge in [0.25, 0.3) is 0 Å². The average Bonchev–Trinajstić information content (AvgIpc) is 2.64. The fraction of sp³-hybridized carbons (Fsp3) is 0.667. The lowest BCUT2D eigenvalue weighted by Gasteiger charge is -2.43. The molecular formula is C21H29F3N2O2. The molecule has 7 heteroatoms. The van der Waals surface area contributed by atoms with Gasteiger partial charge in [0.15, 0.2) is 5.92 Å². The number of nitrogens with zero attached hydrogens (tertiary/aromatic N) is 1. The molecule has 0 radical (unpaired) electrons. The van der Waals surface area contributed by atoms with Crippen LogP contribution in [-0.2, 0) is 4.79 Å². The first-order chi connectivity index (χ1) is 13.3. The van der Waals surface area contributed by atoms with Gasteiger partial charge < -0.3 is 15.0 Å². The molecular weight excluding hydrogens is 369 g/mol. The molecule has 0 spiro atoms. The summed E-state index contributed by atoms with van der Waals surface area (Å²) in [7, 11) is 2.88. The maximum absolute atomic E-state index is 13.7. The monoisotopic (exact) mass is 398 g/mol. The summed E-state index contributed by atoms with van der Waals surface area (Å²) < 4.78 is 46.1. The van der Waals surface area contributed by atoms with E-state index in [1.165, 1.54) is 50.1 Å². The maximum Gasteiger partial charge on any atom is 0.404 e. The number of amides is 1. The molecule has 1 saturated carbocycles. The summed E-state index contributed by atoms with van der Waals surface area (Å²) in [5.74, 6) is -1.07. The molecule has 156 valence electrons. The standard InChI is InChI=1S/C21H29F3N2O2/c1-26(13-14-10-17(11-14)15-6-8-25-9-7-15)20(27)19(21(22,23)24)16-4-3-5-18(12-16)28-2/h3-5,12,14-15,17,19,25H,6-11,13H2,1-2H3. The fourth-order valence-corrected chi connectivity index (χ4v) is 4.63. The smallest absolute Gasteiger partial charge is 0.404 e. The predicted molar refractivity (Wildman–Crippen MR) is 101 cm³/mol. The Labute approximate surface area is 164 Å². The first-order valence-electron chi connectivity index (χ1n) is 9.96. The molecule has 1 heterocycles. The summed E-state index contributed by atoms with van der Waals surface area (Å²) in [5, 5.41) is 3.36. The van der Waals surface area contributed by atoms with E-state index in [0.29, 0.717) is 24.1 Å². The largest absolute Gasteiger partial charge is 0.497 e. The average molecular weight is 398 g/mol. The van der Waals surface area contributed by atoms with Crippen LogP contribution in [0.15, 0.2) is 24.3 Å². The number of nitrogens with one attached hydrogen (secondary N) is 1. The second-order valence-corrected chi connectivity index (χ2v) is 8.15. The molecule has 1 aliphatic carbocycles. The lowest BCUT2D eigenvalue weighted by molar-refractivity contribution is -0.172. The van der Waals surface area contributed by atoms with E-state index in [4.69, 9.17) is 4.74 Å². The highest BCUT2D eigenvalue weighted by Gasteiger charge is 2.48. The van der Waals surface area contributed by atoms with Gasteiger partial charge in [-0.25, -0.2) is 0 Å². The third-order valence-electron chi connectivity index (χ3n) is 6.23. The molecule has 1 unspecified atom stereocenters. The van der Waals surface area contributed by atoms with Gasteiger partial charge in [0.05, 0.1) is 7.11 Å². The number of benzene rings is 1. The van der Waals surface area contributed by atoms with Gasteiger partial charge in [0.2, 0.25) is 5.91 Å². The van der Waals surface area contributed by atoms with E-state index in [9.17, 15) is 18.0 Å². The third kappa shape index (κ3) is 4.80. The van der Waals surface area contributed by atoms with Gasteiger partial charge in [-0.3, -0.25) is 4.79 Å². The van der Waals surface area contributed by atoms with Crippen molar-refractivity contribution in [3.63, 3.8) is 0 Å². The van der Waals surface area contributed by atoms with E-state index in [-0.39, 0.29) is 5.56 Å². The molecule has 1 atom stereocenters. The molecule has 2 aliphatic rings. The minimum atomic E-state index is -4.64. The van der Waals surface area contributed by atoms with Crippen molar-refractivity contribution in [2.45, 2.75) is 37.8 Å². The van der Waals surface area contributed by atoms with Crippen molar-refractivity contribution in [2.24, 2.45) is 17.8 Å². The summed E-state index contributed by atoms with van der Waals surface area (Å²) in [4.78, 5) is 14.0. The number of methoxy groups -OCH3 is 1. The number of rotatable bonds is 6. The van der Waals surface area contributed by atoms with Gasteiger partial charge in [-0.2, -0.15) is 13.2 Å². The number of carbonyl (C=O) groups is 1. The number of carbonyl (C=O) groups excluding carboxylic acids is 1. The Balaban J connectivity index is 1.61. The second kappa shape index (κ2) is 8.72. The van der Waals surface area contributed by atoms with Gasteiger partial charge in [-0.05, 0) is 74.2 Å². The van der Waals surface area contributed by atoms with Gasteiger partial charge in [-0.1, -0.05) is 12.1 Å². The van der Waals surface area contributed by atoms with E-state index in [1.54, 1.807) is 6.07 Å². The molecule has 3 rings (SSSR count). The Morgan fingerprint density at radius 2 is 1.93 bits per heavy atom. The normalized spacial score (nSPS) is 24.3. The van der Waals surface area contributed by atoms with Gasteiger partial charge in [0.1, 0.15) is 5.75 Å². The van der Waals surface area contributed by atoms with Crippen LogP contribution < -0.4 is 10.1 Å².